The Hall–Kier alpha value is -1.50. The molecular weight excluding hydrogens is 295 g/mol. The molecule has 0 N–H and O–H groups in total. The summed E-state index contributed by atoms with van der Waals surface area (Å²) < 4.78 is 21.4. The van der Waals surface area contributed by atoms with E-state index in [4.69, 9.17) is 16.3 Å². The molecule has 1 atom stereocenters. The molecule has 3 rings (SSSR count). The molecule has 0 bridgehead atoms. The van der Waals surface area contributed by atoms with E-state index in [-0.39, 0.29) is 11.9 Å². The first-order valence-electron chi connectivity index (χ1n) is 6.75. The Morgan fingerprint density at radius 1 is 1.48 bits per heavy atom. The van der Waals surface area contributed by atoms with Gasteiger partial charge >= 0.3 is 0 Å². The standard InChI is InChI=1S/C14H16ClFN4O/c1-19-9-17-18-14(19)13-8-20(4-5-21-13)7-10-6-11(15)2-3-12(10)16/h2-3,6,9,13H,4-5,7-8H2,1H3/t13-/m1/s1. The summed E-state index contributed by atoms with van der Waals surface area (Å²) >= 11 is 5.93. The fourth-order valence-electron chi connectivity index (χ4n) is 2.49. The Morgan fingerprint density at radius 2 is 2.33 bits per heavy atom. The molecule has 2 aromatic rings. The minimum Gasteiger partial charge on any atom is -0.368 e. The first kappa shape index (κ1) is 14.4. The van der Waals surface area contributed by atoms with Crippen LogP contribution in [-0.4, -0.2) is 39.4 Å². The lowest BCUT2D eigenvalue weighted by molar-refractivity contribution is -0.0388. The van der Waals surface area contributed by atoms with Crippen molar-refractivity contribution in [1.29, 1.82) is 0 Å². The van der Waals surface area contributed by atoms with Crippen LogP contribution in [0.15, 0.2) is 24.5 Å². The van der Waals surface area contributed by atoms with Gasteiger partial charge < -0.3 is 9.30 Å². The van der Waals surface area contributed by atoms with Crippen molar-refractivity contribution in [2.24, 2.45) is 7.05 Å². The third kappa shape index (κ3) is 3.23. The van der Waals surface area contributed by atoms with E-state index in [2.05, 4.69) is 15.1 Å². The van der Waals surface area contributed by atoms with Gasteiger partial charge in [0.15, 0.2) is 5.82 Å². The van der Waals surface area contributed by atoms with Crippen LogP contribution in [0, 0.1) is 5.82 Å². The lowest BCUT2D eigenvalue weighted by Gasteiger charge is -2.32. The number of halogens is 2. The van der Waals surface area contributed by atoms with E-state index in [9.17, 15) is 4.39 Å². The Labute approximate surface area is 127 Å². The van der Waals surface area contributed by atoms with Gasteiger partial charge in [-0.3, -0.25) is 4.90 Å². The highest BCUT2D eigenvalue weighted by Crippen LogP contribution is 2.23. The second kappa shape index (κ2) is 6.09. The van der Waals surface area contributed by atoms with Gasteiger partial charge in [0.1, 0.15) is 18.2 Å². The summed E-state index contributed by atoms with van der Waals surface area (Å²) in [5.41, 5.74) is 0.598. The third-order valence-electron chi connectivity index (χ3n) is 3.59. The highest BCUT2D eigenvalue weighted by molar-refractivity contribution is 6.30. The number of ether oxygens (including phenoxy) is 1. The van der Waals surface area contributed by atoms with Gasteiger partial charge in [-0.1, -0.05) is 11.6 Å². The molecule has 7 heteroatoms. The van der Waals surface area contributed by atoms with Gasteiger partial charge in [0, 0.05) is 37.3 Å². The van der Waals surface area contributed by atoms with Crippen LogP contribution in [-0.2, 0) is 18.3 Å². The molecule has 1 saturated heterocycles. The predicted molar refractivity (Wildman–Crippen MR) is 76.4 cm³/mol. The van der Waals surface area contributed by atoms with Crippen molar-refractivity contribution in [3.8, 4) is 0 Å². The lowest BCUT2D eigenvalue weighted by atomic mass is 10.1. The van der Waals surface area contributed by atoms with Crippen LogP contribution >= 0.6 is 11.6 Å². The maximum atomic E-state index is 13.8. The predicted octanol–water partition coefficient (Wildman–Crippen LogP) is 2.18. The molecule has 1 aromatic carbocycles. The molecule has 0 amide bonds. The summed E-state index contributed by atoms with van der Waals surface area (Å²) in [6.07, 6.45) is 1.50. The molecule has 2 heterocycles. The molecule has 1 fully saturated rings. The summed E-state index contributed by atoms with van der Waals surface area (Å²) in [5, 5.41) is 8.49. The Morgan fingerprint density at radius 3 is 3.10 bits per heavy atom. The Balaban J connectivity index is 1.72. The minimum atomic E-state index is -0.235. The molecule has 1 aliphatic rings. The molecule has 1 aromatic heterocycles. The first-order chi connectivity index (χ1) is 10.1. The summed E-state index contributed by atoms with van der Waals surface area (Å²) in [6, 6.07) is 4.63. The Bertz CT molecular complexity index is 633. The number of aromatic nitrogens is 3. The largest absolute Gasteiger partial charge is 0.368 e. The topological polar surface area (TPSA) is 43.2 Å². The molecule has 0 spiro atoms. The van der Waals surface area contributed by atoms with E-state index in [0.717, 1.165) is 12.4 Å². The second-order valence-corrected chi connectivity index (χ2v) is 5.57. The fraction of sp³-hybridized carbons (Fsp3) is 0.429. The monoisotopic (exact) mass is 310 g/mol. The van der Waals surface area contributed by atoms with E-state index in [1.165, 1.54) is 6.07 Å². The maximum absolute atomic E-state index is 13.8. The normalized spacial score (nSPS) is 19.9. The first-order valence-corrected chi connectivity index (χ1v) is 7.13. The number of hydrogen-bond acceptors (Lipinski definition) is 4. The maximum Gasteiger partial charge on any atom is 0.163 e. The van der Waals surface area contributed by atoms with E-state index in [1.54, 1.807) is 18.5 Å². The zero-order chi connectivity index (χ0) is 14.8. The van der Waals surface area contributed by atoms with Crippen LogP contribution in [0.1, 0.15) is 17.5 Å². The van der Waals surface area contributed by atoms with Crippen molar-refractivity contribution in [1.82, 2.24) is 19.7 Å². The molecule has 5 nitrogen and oxygen atoms in total. The van der Waals surface area contributed by atoms with Gasteiger partial charge in [0.25, 0.3) is 0 Å². The van der Waals surface area contributed by atoms with Crippen molar-refractivity contribution < 1.29 is 9.13 Å². The van der Waals surface area contributed by atoms with Crippen molar-refractivity contribution in [2.45, 2.75) is 12.6 Å². The van der Waals surface area contributed by atoms with E-state index in [1.807, 2.05) is 11.6 Å². The van der Waals surface area contributed by atoms with Gasteiger partial charge in [0.2, 0.25) is 0 Å². The SMILES string of the molecule is Cn1cnnc1[C@H]1CN(Cc2cc(Cl)ccc2F)CCO1. The number of hydrogen-bond donors (Lipinski definition) is 0. The number of aryl methyl sites for hydroxylation is 1. The molecule has 0 radical (unpaired) electrons. The number of rotatable bonds is 3. The van der Waals surface area contributed by atoms with Crippen molar-refractivity contribution >= 4 is 11.6 Å². The molecule has 0 saturated carbocycles. The van der Waals surface area contributed by atoms with Gasteiger partial charge in [-0.15, -0.1) is 10.2 Å². The molecular formula is C14H16ClFN4O. The quantitative estimate of drug-likeness (QED) is 0.871. The highest BCUT2D eigenvalue weighted by atomic mass is 35.5. The second-order valence-electron chi connectivity index (χ2n) is 5.13. The number of nitrogens with zero attached hydrogens (tertiary/aromatic N) is 4. The van der Waals surface area contributed by atoms with Crippen molar-refractivity contribution in [2.75, 3.05) is 19.7 Å². The van der Waals surface area contributed by atoms with Crippen LogP contribution in [0.3, 0.4) is 0 Å². The molecule has 0 unspecified atom stereocenters. The summed E-state index contributed by atoms with van der Waals surface area (Å²) in [7, 11) is 1.88. The Kier molecular flexibility index (Phi) is 4.19. The van der Waals surface area contributed by atoms with Crippen LogP contribution in [0.5, 0.6) is 0 Å². The summed E-state index contributed by atoms with van der Waals surface area (Å²) in [5.74, 6) is 0.548. The van der Waals surface area contributed by atoms with Gasteiger partial charge in [-0.25, -0.2) is 4.39 Å². The van der Waals surface area contributed by atoms with Crippen molar-refractivity contribution in [3.05, 3.63) is 46.8 Å². The number of morpholine rings is 1. The number of benzene rings is 1. The van der Waals surface area contributed by atoms with Gasteiger partial charge in [-0.05, 0) is 18.2 Å². The zero-order valence-electron chi connectivity index (χ0n) is 11.7. The smallest absolute Gasteiger partial charge is 0.163 e. The van der Waals surface area contributed by atoms with Crippen LogP contribution in [0.4, 0.5) is 4.39 Å². The minimum absolute atomic E-state index is 0.145. The van der Waals surface area contributed by atoms with Crippen LogP contribution in [0.25, 0.3) is 0 Å². The van der Waals surface area contributed by atoms with E-state index >= 15 is 0 Å². The van der Waals surface area contributed by atoms with Crippen LogP contribution in [0.2, 0.25) is 5.02 Å². The lowest BCUT2D eigenvalue weighted by Crippen LogP contribution is -2.38. The fourth-order valence-corrected chi connectivity index (χ4v) is 2.69. The summed E-state index contributed by atoms with van der Waals surface area (Å²) in [6.45, 7) is 2.49. The molecule has 1 aliphatic heterocycles. The van der Waals surface area contributed by atoms with E-state index in [0.29, 0.717) is 30.3 Å². The summed E-state index contributed by atoms with van der Waals surface area (Å²) in [4.78, 5) is 2.14. The van der Waals surface area contributed by atoms with Crippen LogP contribution < -0.4 is 0 Å². The van der Waals surface area contributed by atoms with E-state index < -0.39 is 0 Å². The van der Waals surface area contributed by atoms with Crippen molar-refractivity contribution in [3.63, 3.8) is 0 Å². The van der Waals surface area contributed by atoms with Gasteiger partial charge in [0.05, 0.1) is 6.61 Å². The average molecular weight is 311 g/mol. The molecule has 21 heavy (non-hydrogen) atoms. The molecule has 112 valence electrons. The molecule has 0 aliphatic carbocycles. The zero-order valence-corrected chi connectivity index (χ0v) is 12.4. The third-order valence-corrected chi connectivity index (χ3v) is 3.82. The van der Waals surface area contributed by atoms with Gasteiger partial charge in [-0.2, -0.15) is 0 Å². The highest BCUT2D eigenvalue weighted by Gasteiger charge is 2.25. The average Bonchev–Trinajstić information content (AvgIpc) is 2.89.